The fourth-order valence-corrected chi connectivity index (χ4v) is 6.00. The maximum Gasteiger partial charge on any atom is 0.267 e. The van der Waals surface area contributed by atoms with Gasteiger partial charge in [0.25, 0.3) is 5.56 Å². The average Bonchev–Trinajstić information content (AvgIpc) is 3.28. The Bertz CT molecular complexity index is 1170. The van der Waals surface area contributed by atoms with Crippen molar-refractivity contribution in [1.82, 2.24) is 14.9 Å². The van der Waals surface area contributed by atoms with Gasteiger partial charge in [0.1, 0.15) is 4.83 Å². The lowest BCUT2D eigenvalue weighted by Crippen LogP contribution is -2.29. The molecule has 4 rings (SSSR count). The van der Waals surface area contributed by atoms with E-state index < -0.39 is 0 Å². The molecule has 1 N–H and O–H groups in total. The molecule has 2 heterocycles. The summed E-state index contributed by atoms with van der Waals surface area (Å²) in [5.41, 5.74) is 4.10. The maximum absolute atomic E-state index is 13.7. The zero-order valence-corrected chi connectivity index (χ0v) is 19.0. The van der Waals surface area contributed by atoms with E-state index in [1.807, 2.05) is 26.0 Å². The number of amides is 1. The van der Waals surface area contributed by atoms with Gasteiger partial charge >= 0.3 is 0 Å². The number of aromatic nitrogens is 2. The first-order chi connectivity index (χ1) is 14.5. The van der Waals surface area contributed by atoms with Gasteiger partial charge in [-0.1, -0.05) is 29.5 Å². The molecule has 0 atom stereocenters. The second-order valence-corrected chi connectivity index (χ2v) is 9.52. The van der Waals surface area contributed by atoms with E-state index in [4.69, 9.17) is 9.72 Å². The molecule has 0 saturated carbocycles. The zero-order valence-electron chi connectivity index (χ0n) is 17.4. The Hall–Kier alpha value is -2.16. The Kier molecular flexibility index (Phi) is 6.26. The molecular weight excluding hydrogens is 418 g/mol. The number of fused-ring (bicyclic) bond motifs is 3. The van der Waals surface area contributed by atoms with Crippen LogP contribution < -0.4 is 10.9 Å². The Labute approximate surface area is 183 Å². The first kappa shape index (κ1) is 21.1. The standard InChI is InChI=1S/C22H25N3O3S2/c1-13-7-8-16(14(2)11-13)25-21(27)19-15-5-4-6-17(15)30-20(19)24-22(25)29-12-18(26)23-9-10-28-3/h7-8,11H,4-6,9-10,12H2,1-3H3,(H,23,26). The monoisotopic (exact) mass is 443 g/mol. The van der Waals surface area contributed by atoms with E-state index in [-0.39, 0.29) is 17.2 Å². The average molecular weight is 444 g/mol. The minimum Gasteiger partial charge on any atom is -0.383 e. The van der Waals surface area contributed by atoms with Gasteiger partial charge in [-0.3, -0.25) is 14.2 Å². The van der Waals surface area contributed by atoms with Crippen molar-refractivity contribution in [3.8, 4) is 5.69 Å². The second kappa shape index (κ2) is 8.91. The summed E-state index contributed by atoms with van der Waals surface area (Å²) < 4.78 is 6.66. The third-order valence-corrected chi connectivity index (χ3v) is 7.39. The molecule has 0 radical (unpaired) electrons. The SMILES string of the molecule is COCCNC(=O)CSc1nc2sc3c(c2c(=O)n1-c1ccc(C)cc1C)CCC3. The highest BCUT2D eigenvalue weighted by molar-refractivity contribution is 7.99. The second-order valence-electron chi connectivity index (χ2n) is 7.49. The molecule has 1 aliphatic rings. The van der Waals surface area contributed by atoms with Crippen LogP contribution in [-0.2, 0) is 22.4 Å². The van der Waals surface area contributed by atoms with Gasteiger partial charge in [-0.15, -0.1) is 11.3 Å². The van der Waals surface area contributed by atoms with Crippen LogP contribution in [0.3, 0.4) is 0 Å². The van der Waals surface area contributed by atoms with Crippen LogP contribution in [0.5, 0.6) is 0 Å². The number of nitrogens with zero attached hydrogens (tertiary/aromatic N) is 2. The van der Waals surface area contributed by atoms with Gasteiger partial charge in [-0.05, 0) is 50.3 Å². The van der Waals surface area contributed by atoms with Gasteiger partial charge in [0.05, 0.1) is 23.4 Å². The topological polar surface area (TPSA) is 73.2 Å². The van der Waals surface area contributed by atoms with Crippen molar-refractivity contribution in [3.05, 3.63) is 50.1 Å². The van der Waals surface area contributed by atoms with Crippen molar-refractivity contribution in [2.45, 2.75) is 38.3 Å². The van der Waals surface area contributed by atoms with Crippen molar-refractivity contribution in [2.24, 2.45) is 0 Å². The van der Waals surface area contributed by atoms with E-state index in [0.717, 1.165) is 46.3 Å². The summed E-state index contributed by atoms with van der Waals surface area (Å²) in [5, 5.41) is 4.13. The molecule has 1 amide bonds. The molecule has 30 heavy (non-hydrogen) atoms. The van der Waals surface area contributed by atoms with E-state index in [1.165, 1.54) is 22.2 Å². The zero-order chi connectivity index (χ0) is 21.3. The molecule has 0 aliphatic heterocycles. The molecule has 0 unspecified atom stereocenters. The molecule has 0 saturated heterocycles. The van der Waals surface area contributed by atoms with Crippen LogP contribution in [0.1, 0.15) is 28.0 Å². The van der Waals surface area contributed by atoms with E-state index in [1.54, 1.807) is 23.0 Å². The van der Waals surface area contributed by atoms with Gasteiger partial charge in [-0.2, -0.15) is 0 Å². The molecule has 6 nitrogen and oxygen atoms in total. The number of nitrogens with one attached hydrogen (secondary N) is 1. The lowest BCUT2D eigenvalue weighted by Gasteiger charge is -2.15. The molecule has 0 bridgehead atoms. The molecule has 0 spiro atoms. The third kappa shape index (κ3) is 4.04. The van der Waals surface area contributed by atoms with Gasteiger partial charge in [0, 0.05) is 18.5 Å². The first-order valence-electron chi connectivity index (χ1n) is 10.0. The Morgan fingerprint density at radius 2 is 2.17 bits per heavy atom. The van der Waals surface area contributed by atoms with Gasteiger partial charge < -0.3 is 10.1 Å². The van der Waals surface area contributed by atoms with Gasteiger partial charge in [0.2, 0.25) is 5.91 Å². The van der Waals surface area contributed by atoms with Crippen molar-refractivity contribution in [2.75, 3.05) is 26.0 Å². The predicted octanol–water partition coefficient (Wildman–Crippen LogP) is 3.41. The van der Waals surface area contributed by atoms with Crippen molar-refractivity contribution in [1.29, 1.82) is 0 Å². The number of carbonyl (C=O) groups is 1. The first-order valence-corrected chi connectivity index (χ1v) is 11.8. The van der Waals surface area contributed by atoms with Crippen LogP contribution >= 0.6 is 23.1 Å². The van der Waals surface area contributed by atoms with E-state index in [9.17, 15) is 9.59 Å². The van der Waals surface area contributed by atoms with Crippen LogP contribution in [0.15, 0.2) is 28.2 Å². The number of thioether (sulfide) groups is 1. The summed E-state index contributed by atoms with van der Waals surface area (Å²) >= 11 is 2.92. The largest absolute Gasteiger partial charge is 0.383 e. The summed E-state index contributed by atoms with van der Waals surface area (Å²) in [6.07, 6.45) is 3.05. The number of benzene rings is 1. The summed E-state index contributed by atoms with van der Waals surface area (Å²) in [4.78, 5) is 32.8. The van der Waals surface area contributed by atoms with Crippen LogP contribution in [0.4, 0.5) is 0 Å². The molecule has 1 aliphatic carbocycles. The number of thiophene rings is 1. The molecule has 2 aromatic heterocycles. The predicted molar refractivity (Wildman–Crippen MR) is 122 cm³/mol. The van der Waals surface area contributed by atoms with E-state index >= 15 is 0 Å². The summed E-state index contributed by atoms with van der Waals surface area (Å²) in [6.45, 7) is 4.97. The Morgan fingerprint density at radius 1 is 1.33 bits per heavy atom. The summed E-state index contributed by atoms with van der Waals surface area (Å²) in [6, 6.07) is 6.04. The van der Waals surface area contributed by atoms with Crippen LogP contribution in [0.25, 0.3) is 15.9 Å². The van der Waals surface area contributed by atoms with Crippen LogP contribution in [0.2, 0.25) is 0 Å². The third-order valence-electron chi connectivity index (χ3n) is 5.26. The number of ether oxygens (including phenoxy) is 1. The molecular formula is C22H25N3O3S2. The lowest BCUT2D eigenvalue weighted by atomic mass is 10.1. The fraction of sp³-hybridized carbons (Fsp3) is 0.409. The Balaban J connectivity index is 1.78. The number of hydrogen-bond acceptors (Lipinski definition) is 6. The highest BCUT2D eigenvalue weighted by Crippen LogP contribution is 2.36. The number of carbonyl (C=O) groups excluding carboxylic acids is 1. The highest BCUT2D eigenvalue weighted by Gasteiger charge is 2.24. The van der Waals surface area contributed by atoms with Crippen molar-refractivity contribution < 1.29 is 9.53 Å². The maximum atomic E-state index is 13.7. The van der Waals surface area contributed by atoms with Crippen LogP contribution in [-0.4, -0.2) is 41.5 Å². The van der Waals surface area contributed by atoms with Crippen molar-refractivity contribution >= 4 is 39.2 Å². The van der Waals surface area contributed by atoms with Crippen LogP contribution in [0, 0.1) is 13.8 Å². The molecule has 1 aromatic carbocycles. The van der Waals surface area contributed by atoms with Gasteiger partial charge in [0.15, 0.2) is 5.16 Å². The fourth-order valence-electron chi connectivity index (χ4n) is 3.86. The highest BCUT2D eigenvalue weighted by atomic mass is 32.2. The van der Waals surface area contributed by atoms with E-state index in [0.29, 0.717) is 18.3 Å². The number of aryl methyl sites for hydroxylation is 4. The molecule has 0 fully saturated rings. The van der Waals surface area contributed by atoms with Crippen molar-refractivity contribution in [3.63, 3.8) is 0 Å². The van der Waals surface area contributed by atoms with E-state index in [2.05, 4.69) is 11.4 Å². The molecule has 158 valence electrons. The summed E-state index contributed by atoms with van der Waals surface area (Å²) in [7, 11) is 1.60. The minimum atomic E-state index is -0.104. The molecule has 8 heteroatoms. The number of rotatable bonds is 7. The Morgan fingerprint density at radius 3 is 2.93 bits per heavy atom. The number of hydrogen-bond donors (Lipinski definition) is 1. The normalized spacial score (nSPS) is 13.0. The quantitative estimate of drug-likeness (QED) is 0.344. The number of methoxy groups -OCH3 is 1. The lowest BCUT2D eigenvalue weighted by molar-refractivity contribution is -0.118. The smallest absolute Gasteiger partial charge is 0.267 e. The summed E-state index contributed by atoms with van der Waals surface area (Å²) in [5.74, 6) is 0.0877. The molecule has 3 aromatic rings. The minimum absolute atomic E-state index is 0.0337. The van der Waals surface area contributed by atoms with Gasteiger partial charge in [-0.25, -0.2) is 4.98 Å².